The molecule has 1 rings (SSSR count). The maximum atomic E-state index is 11.8. The zero-order chi connectivity index (χ0) is 13.7. The van der Waals surface area contributed by atoms with Crippen LogP contribution in [0.1, 0.15) is 11.5 Å². The topological polar surface area (TPSA) is 69.7 Å². The van der Waals surface area contributed by atoms with Gasteiger partial charge in [0.15, 0.2) is 5.92 Å². The molecule has 0 saturated carbocycles. The van der Waals surface area contributed by atoms with Gasteiger partial charge in [0.1, 0.15) is 0 Å². The number of hydrogen-bond donors (Lipinski definition) is 0. The highest BCUT2D eigenvalue weighted by Gasteiger charge is 2.34. The van der Waals surface area contributed by atoms with E-state index >= 15 is 0 Å². The van der Waals surface area contributed by atoms with E-state index in [0.717, 1.165) is 14.2 Å². The van der Waals surface area contributed by atoms with Crippen molar-refractivity contribution in [1.82, 2.24) is 0 Å². The molecule has 0 N–H and O–H groups in total. The lowest BCUT2D eigenvalue weighted by molar-refractivity contribution is -0.157. The van der Waals surface area contributed by atoms with Crippen LogP contribution in [-0.2, 0) is 23.9 Å². The summed E-state index contributed by atoms with van der Waals surface area (Å²) in [6.07, 6.45) is 0. The van der Waals surface area contributed by atoms with Crippen molar-refractivity contribution in [3.05, 3.63) is 34.9 Å². The smallest absolute Gasteiger partial charge is 0.375 e. The van der Waals surface area contributed by atoms with E-state index in [9.17, 15) is 14.4 Å². The summed E-state index contributed by atoms with van der Waals surface area (Å²) in [6, 6.07) is 5.98. The van der Waals surface area contributed by atoms with E-state index in [1.807, 2.05) is 0 Å². The van der Waals surface area contributed by atoms with Gasteiger partial charge in [-0.05, 0) is 17.7 Å². The first kappa shape index (κ1) is 14.2. The van der Waals surface area contributed by atoms with Gasteiger partial charge in [0.05, 0.1) is 14.2 Å². The zero-order valence-corrected chi connectivity index (χ0v) is 10.6. The average molecular weight is 271 g/mol. The van der Waals surface area contributed by atoms with Crippen molar-refractivity contribution in [2.75, 3.05) is 14.2 Å². The summed E-state index contributed by atoms with van der Waals surface area (Å²) in [4.78, 5) is 34.5. The normalized spacial score (nSPS) is 11.5. The second-order valence-electron chi connectivity index (χ2n) is 3.36. The van der Waals surface area contributed by atoms with E-state index in [0.29, 0.717) is 10.6 Å². The van der Waals surface area contributed by atoms with Crippen LogP contribution in [0.3, 0.4) is 0 Å². The van der Waals surface area contributed by atoms with Gasteiger partial charge in [0, 0.05) is 5.02 Å². The quantitative estimate of drug-likeness (QED) is 0.469. The lowest BCUT2D eigenvalue weighted by Gasteiger charge is -2.12. The summed E-state index contributed by atoms with van der Waals surface area (Å²) >= 11 is 5.71. The van der Waals surface area contributed by atoms with Gasteiger partial charge in [-0.2, -0.15) is 0 Å². The van der Waals surface area contributed by atoms with Crippen LogP contribution >= 0.6 is 11.6 Å². The summed E-state index contributed by atoms with van der Waals surface area (Å²) in [5.41, 5.74) is 0.321. The monoisotopic (exact) mass is 270 g/mol. The first-order chi connectivity index (χ1) is 8.51. The van der Waals surface area contributed by atoms with E-state index in [1.54, 1.807) is 0 Å². The van der Waals surface area contributed by atoms with Crippen LogP contribution < -0.4 is 0 Å². The van der Waals surface area contributed by atoms with Crippen molar-refractivity contribution in [3.63, 3.8) is 0 Å². The summed E-state index contributed by atoms with van der Waals surface area (Å²) in [7, 11) is 2.20. The fourth-order valence-corrected chi connectivity index (χ4v) is 1.51. The van der Waals surface area contributed by atoms with Crippen LogP contribution in [0.4, 0.5) is 0 Å². The Labute approximate surface area is 109 Å². The Hall–Kier alpha value is -1.88. The van der Waals surface area contributed by atoms with Crippen molar-refractivity contribution in [1.29, 1.82) is 0 Å². The molecular formula is C12H11ClO5. The predicted molar refractivity (Wildman–Crippen MR) is 63.2 cm³/mol. The lowest BCUT2D eigenvalue weighted by atomic mass is 9.95. The third-order valence-electron chi connectivity index (χ3n) is 2.29. The molecule has 0 aromatic heterocycles. The Kier molecular flexibility index (Phi) is 4.85. The lowest BCUT2D eigenvalue weighted by Crippen LogP contribution is -2.30. The fraction of sp³-hybridized carbons (Fsp3) is 0.250. The number of carbonyl (C=O) groups is 3. The molecule has 96 valence electrons. The van der Waals surface area contributed by atoms with Gasteiger partial charge in [-0.15, -0.1) is 0 Å². The number of Topliss-reactive ketones (excluding diaryl/α,β-unsaturated/α-hetero) is 1. The number of ether oxygens (including phenoxy) is 2. The largest absolute Gasteiger partial charge is 0.468 e. The molecule has 1 aromatic rings. The number of methoxy groups -OCH3 is 2. The van der Waals surface area contributed by atoms with Gasteiger partial charge >= 0.3 is 11.9 Å². The van der Waals surface area contributed by atoms with Crippen LogP contribution in [0.2, 0.25) is 5.02 Å². The number of halogens is 1. The molecule has 5 nitrogen and oxygen atoms in total. The predicted octanol–water partition coefficient (Wildman–Crippen LogP) is 1.34. The highest BCUT2D eigenvalue weighted by Crippen LogP contribution is 2.21. The molecule has 1 aromatic carbocycles. The Morgan fingerprint density at radius 3 is 2.06 bits per heavy atom. The van der Waals surface area contributed by atoms with Gasteiger partial charge in [0.2, 0.25) is 0 Å². The molecule has 0 amide bonds. The summed E-state index contributed by atoms with van der Waals surface area (Å²) in [5, 5.41) is 0.452. The van der Waals surface area contributed by atoms with Gasteiger partial charge in [0.25, 0.3) is 5.78 Å². The molecule has 0 spiro atoms. The third kappa shape index (κ3) is 3.07. The first-order valence-electron chi connectivity index (χ1n) is 4.96. The van der Waals surface area contributed by atoms with Gasteiger partial charge in [-0.25, -0.2) is 4.79 Å². The van der Waals surface area contributed by atoms with E-state index < -0.39 is 23.6 Å². The molecule has 6 heteroatoms. The van der Waals surface area contributed by atoms with Crippen molar-refractivity contribution < 1.29 is 23.9 Å². The molecule has 0 heterocycles. The molecule has 0 fully saturated rings. The molecule has 0 bridgehead atoms. The number of esters is 2. The number of carbonyl (C=O) groups excluding carboxylic acids is 3. The van der Waals surface area contributed by atoms with Gasteiger partial charge < -0.3 is 9.47 Å². The molecule has 0 aliphatic rings. The Morgan fingerprint density at radius 1 is 1.06 bits per heavy atom. The minimum Gasteiger partial charge on any atom is -0.468 e. The van der Waals surface area contributed by atoms with Crippen LogP contribution in [-0.4, -0.2) is 31.9 Å². The summed E-state index contributed by atoms with van der Waals surface area (Å²) < 4.78 is 8.82. The molecule has 18 heavy (non-hydrogen) atoms. The SMILES string of the molecule is COC(=O)C(=O)C(C(=O)OC)c1ccc(Cl)cc1. The first-order valence-corrected chi connectivity index (χ1v) is 5.34. The Balaban J connectivity index is 3.13. The van der Waals surface area contributed by atoms with Crippen LogP contribution in [0.25, 0.3) is 0 Å². The fourth-order valence-electron chi connectivity index (χ4n) is 1.39. The minimum atomic E-state index is -1.33. The van der Waals surface area contributed by atoms with Gasteiger partial charge in [-0.3, -0.25) is 9.59 Å². The van der Waals surface area contributed by atoms with E-state index in [-0.39, 0.29) is 0 Å². The minimum absolute atomic E-state index is 0.321. The summed E-state index contributed by atoms with van der Waals surface area (Å²) in [5.74, 6) is -4.24. The molecule has 0 aliphatic heterocycles. The van der Waals surface area contributed by atoms with Gasteiger partial charge in [-0.1, -0.05) is 23.7 Å². The summed E-state index contributed by atoms with van der Waals surface area (Å²) in [6.45, 7) is 0. The van der Waals surface area contributed by atoms with Crippen molar-refractivity contribution >= 4 is 29.3 Å². The standard InChI is InChI=1S/C12H11ClO5/c1-17-11(15)9(10(14)12(16)18-2)7-3-5-8(13)6-4-7/h3-6,9H,1-2H3. The maximum Gasteiger partial charge on any atom is 0.375 e. The zero-order valence-electron chi connectivity index (χ0n) is 9.81. The number of ketones is 1. The molecule has 1 atom stereocenters. The Bertz CT molecular complexity index is 466. The van der Waals surface area contributed by atoms with E-state index in [1.165, 1.54) is 24.3 Å². The number of hydrogen-bond acceptors (Lipinski definition) is 5. The molecule has 0 radical (unpaired) electrons. The maximum absolute atomic E-state index is 11.8. The average Bonchev–Trinajstić information content (AvgIpc) is 2.39. The highest BCUT2D eigenvalue weighted by atomic mass is 35.5. The molecule has 0 aliphatic carbocycles. The molecule has 0 saturated heterocycles. The van der Waals surface area contributed by atoms with E-state index in [2.05, 4.69) is 9.47 Å². The van der Waals surface area contributed by atoms with Crippen LogP contribution in [0, 0.1) is 0 Å². The Morgan fingerprint density at radius 2 is 1.61 bits per heavy atom. The molecule has 1 unspecified atom stereocenters. The van der Waals surface area contributed by atoms with Crippen LogP contribution in [0.15, 0.2) is 24.3 Å². The molecular weight excluding hydrogens is 260 g/mol. The van der Waals surface area contributed by atoms with Crippen molar-refractivity contribution in [3.8, 4) is 0 Å². The van der Waals surface area contributed by atoms with Crippen LogP contribution in [0.5, 0.6) is 0 Å². The van der Waals surface area contributed by atoms with Crippen molar-refractivity contribution in [2.45, 2.75) is 5.92 Å². The highest BCUT2D eigenvalue weighted by molar-refractivity contribution is 6.39. The second-order valence-corrected chi connectivity index (χ2v) is 3.80. The second kappa shape index (κ2) is 6.16. The van der Waals surface area contributed by atoms with E-state index in [4.69, 9.17) is 11.6 Å². The third-order valence-corrected chi connectivity index (χ3v) is 2.54. The number of rotatable bonds is 4. The van der Waals surface area contributed by atoms with Crippen molar-refractivity contribution in [2.24, 2.45) is 0 Å². The number of benzene rings is 1.